The summed E-state index contributed by atoms with van der Waals surface area (Å²) in [4.78, 5) is 40.7. The highest BCUT2D eigenvalue weighted by Gasteiger charge is 2.42. The molecule has 1 saturated heterocycles. The molecule has 3 atom stereocenters. The van der Waals surface area contributed by atoms with E-state index in [1.54, 1.807) is 32.3 Å². The highest BCUT2D eigenvalue weighted by atomic mass is 16.5. The lowest BCUT2D eigenvalue weighted by Crippen LogP contribution is -2.57. The van der Waals surface area contributed by atoms with Crippen molar-refractivity contribution < 1.29 is 23.9 Å². The molecule has 4 rings (SSSR count). The Hall–Kier alpha value is -2.61. The highest BCUT2D eigenvalue weighted by Crippen LogP contribution is 2.35. The van der Waals surface area contributed by atoms with Gasteiger partial charge in [-0.15, -0.1) is 0 Å². The van der Waals surface area contributed by atoms with Gasteiger partial charge in [0.25, 0.3) is 11.8 Å². The summed E-state index contributed by atoms with van der Waals surface area (Å²) in [6, 6.07) is 5.05. The number of ether oxygens (including phenoxy) is 2. The topological polar surface area (TPSA) is 88.2 Å². The van der Waals surface area contributed by atoms with E-state index in [-0.39, 0.29) is 42.4 Å². The number of nitrogens with zero attached hydrogens (tertiary/aromatic N) is 2. The van der Waals surface area contributed by atoms with Gasteiger partial charge in [-0.3, -0.25) is 14.4 Å². The molecule has 0 bridgehead atoms. The van der Waals surface area contributed by atoms with Gasteiger partial charge in [0.15, 0.2) is 6.61 Å². The summed E-state index contributed by atoms with van der Waals surface area (Å²) in [6.45, 7) is 0.984. The molecule has 1 aromatic carbocycles. The largest absolute Gasteiger partial charge is 0.482 e. The Kier molecular flexibility index (Phi) is 4.97. The number of anilines is 1. The summed E-state index contributed by atoms with van der Waals surface area (Å²) >= 11 is 0. The van der Waals surface area contributed by atoms with Crippen LogP contribution in [0.4, 0.5) is 5.69 Å². The van der Waals surface area contributed by atoms with E-state index < -0.39 is 0 Å². The summed E-state index contributed by atoms with van der Waals surface area (Å²) in [5.41, 5.74) is 1.10. The number of nitrogens with one attached hydrogen (secondary N) is 1. The van der Waals surface area contributed by atoms with Crippen LogP contribution >= 0.6 is 0 Å². The second-order valence-corrected chi connectivity index (χ2v) is 7.52. The fourth-order valence-electron chi connectivity index (χ4n) is 4.38. The number of fused-ring (bicyclic) bond motifs is 2. The van der Waals surface area contributed by atoms with E-state index in [2.05, 4.69) is 5.32 Å². The predicted octanol–water partition coefficient (Wildman–Crippen LogP) is 0.797. The van der Waals surface area contributed by atoms with E-state index in [1.165, 1.54) is 4.90 Å². The van der Waals surface area contributed by atoms with Gasteiger partial charge in [0.2, 0.25) is 5.91 Å². The third-order valence-electron chi connectivity index (χ3n) is 5.99. The Bertz CT molecular complexity index is 811. The Labute approximate surface area is 163 Å². The van der Waals surface area contributed by atoms with Crippen molar-refractivity contribution in [1.82, 2.24) is 10.2 Å². The first-order valence-electron chi connectivity index (χ1n) is 9.67. The zero-order valence-electron chi connectivity index (χ0n) is 16.1. The maximum atomic E-state index is 13.3. The molecule has 3 amide bonds. The third kappa shape index (κ3) is 3.22. The maximum absolute atomic E-state index is 13.3. The lowest BCUT2D eigenvalue weighted by atomic mass is 9.81. The fourth-order valence-corrected chi connectivity index (χ4v) is 4.38. The first-order chi connectivity index (χ1) is 13.5. The molecule has 1 aliphatic carbocycles. The van der Waals surface area contributed by atoms with Crippen LogP contribution in [0, 0.1) is 5.92 Å². The number of carbonyl (C=O) groups is 3. The van der Waals surface area contributed by atoms with Crippen LogP contribution in [0.25, 0.3) is 0 Å². The minimum Gasteiger partial charge on any atom is -0.482 e. The van der Waals surface area contributed by atoms with Crippen molar-refractivity contribution >= 4 is 23.4 Å². The molecule has 0 spiro atoms. The zero-order valence-corrected chi connectivity index (χ0v) is 16.1. The summed E-state index contributed by atoms with van der Waals surface area (Å²) in [7, 11) is 3.32. The molecule has 8 nitrogen and oxygen atoms in total. The van der Waals surface area contributed by atoms with Crippen LogP contribution in [-0.4, -0.2) is 68.6 Å². The molecule has 3 aliphatic rings. The van der Waals surface area contributed by atoms with Gasteiger partial charge in [-0.25, -0.2) is 0 Å². The average Bonchev–Trinajstić information content (AvgIpc) is 2.74. The Balaban J connectivity index is 1.58. The second-order valence-electron chi connectivity index (χ2n) is 7.52. The van der Waals surface area contributed by atoms with Gasteiger partial charge >= 0.3 is 0 Å². The molecule has 1 aromatic rings. The van der Waals surface area contributed by atoms with E-state index >= 15 is 0 Å². The van der Waals surface area contributed by atoms with E-state index in [1.807, 2.05) is 4.90 Å². The van der Waals surface area contributed by atoms with E-state index in [4.69, 9.17) is 9.47 Å². The molecule has 150 valence electrons. The molecule has 8 heteroatoms. The Morgan fingerprint density at radius 2 is 2.07 bits per heavy atom. The molecule has 2 heterocycles. The number of rotatable bonds is 2. The van der Waals surface area contributed by atoms with Gasteiger partial charge in [0.1, 0.15) is 5.75 Å². The van der Waals surface area contributed by atoms with Crippen molar-refractivity contribution in [2.75, 3.05) is 38.8 Å². The van der Waals surface area contributed by atoms with Crippen molar-refractivity contribution in [1.29, 1.82) is 0 Å². The second kappa shape index (κ2) is 7.43. The number of carbonyl (C=O) groups excluding carboxylic acids is 3. The predicted molar refractivity (Wildman–Crippen MR) is 101 cm³/mol. The van der Waals surface area contributed by atoms with Crippen LogP contribution in [0.1, 0.15) is 29.6 Å². The molecule has 0 radical (unpaired) electrons. The van der Waals surface area contributed by atoms with Crippen molar-refractivity contribution in [3.63, 3.8) is 0 Å². The summed E-state index contributed by atoms with van der Waals surface area (Å²) in [5.74, 6) is 0.247. The van der Waals surface area contributed by atoms with Crippen LogP contribution in [0.3, 0.4) is 0 Å². The van der Waals surface area contributed by atoms with Crippen LogP contribution in [0.15, 0.2) is 18.2 Å². The molecular formula is C20H25N3O5. The molecule has 1 saturated carbocycles. The molecule has 2 aliphatic heterocycles. The quantitative estimate of drug-likeness (QED) is 0.811. The molecule has 1 N–H and O–H groups in total. The molecule has 0 unspecified atom stereocenters. The minimum absolute atomic E-state index is 0.00485. The van der Waals surface area contributed by atoms with E-state index in [9.17, 15) is 14.4 Å². The number of amides is 3. The van der Waals surface area contributed by atoms with Crippen LogP contribution < -0.4 is 15.0 Å². The SMILES string of the molecule is CNC(=O)[C@H]1CC[C@H]2OCCN(C(=O)c3ccc4c(c3)N(C)C(=O)CO4)[C@@H]2C1. The van der Waals surface area contributed by atoms with Crippen molar-refractivity contribution in [2.45, 2.75) is 31.4 Å². The van der Waals surface area contributed by atoms with Gasteiger partial charge in [0.05, 0.1) is 24.4 Å². The number of morpholine rings is 1. The van der Waals surface area contributed by atoms with E-state index in [0.717, 1.165) is 12.8 Å². The smallest absolute Gasteiger partial charge is 0.264 e. The molecular weight excluding hydrogens is 362 g/mol. The normalized spacial score (nSPS) is 26.8. The fraction of sp³-hybridized carbons (Fsp3) is 0.550. The van der Waals surface area contributed by atoms with Gasteiger partial charge in [-0.05, 0) is 37.5 Å². The lowest BCUT2D eigenvalue weighted by molar-refractivity contribution is -0.131. The summed E-state index contributed by atoms with van der Waals surface area (Å²) in [5, 5.41) is 2.71. The van der Waals surface area contributed by atoms with Crippen LogP contribution in [0.5, 0.6) is 5.75 Å². The number of likely N-dealkylation sites (N-methyl/N-ethyl adjacent to an activating group) is 1. The lowest BCUT2D eigenvalue weighted by Gasteiger charge is -2.45. The Morgan fingerprint density at radius 3 is 2.86 bits per heavy atom. The van der Waals surface area contributed by atoms with Gasteiger partial charge in [-0.1, -0.05) is 0 Å². The standard InChI is InChI=1S/C20H25N3O5/c1-21-19(25)12-3-5-17-15(9-12)23(7-8-27-17)20(26)13-4-6-16-14(10-13)22(2)18(24)11-28-16/h4,6,10,12,15,17H,3,5,7-9,11H2,1-2H3,(H,21,25)/t12-,15+,17+/m0/s1. The number of hydrogen-bond donors (Lipinski definition) is 1. The van der Waals surface area contributed by atoms with Gasteiger partial charge in [0, 0.05) is 32.1 Å². The van der Waals surface area contributed by atoms with E-state index in [0.29, 0.717) is 36.6 Å². The maximum Gasteiger partial charge on any atom is 0.264 e. The average molecular weight is 387 g/mol. The number of hydrogen-bond acceptors (Lipinski definition) is 5. The molecule has 0 aromatic heterocycles. The monoisotopic (exact) mass is 387 g/mol. The summed E-state index contributed by atoms with van der Waals surface area (Å²) in [6.07, 6.45) is 2.10. The summed E-state index contributed by atoms with van der Waals surface area (Å²) < 4.78 is 11.3. The number of benzene rings is 1. The minimum atomic E-state index is -0.149. The first kappa shape index (κ1) is 18.7. The Morgan fingerprint density at radius 1 is 1.25 bits per heavy atom. The van der Waals surface area contributed by atoms with Crippen molar-refractivity contribution in [2.24, 2.45) is 5.92 Å². The van der Waals surface area contributed by atoms with Gasteiger partial charge in [-0.2, -0.15) is 0 Å². The van der Waals surface area contributed by atoms with Crippen LogP contribution in [0.2, 0.25) is 0 Å². The van der Waals surface area contributed by atoms with Gasteiger partial charge < -0.3 is 24.6 Å². The van der Waals surface area contributed by atoms with Crippen molar-refractivity contribution in [3.05, 3.63) is 23.8 Å². The van der Waals surface area contributed by atoms with Crippen LogP contribution in [-0.2, 0) is 14.3 Å². The first-order valence-corrected chi connectivity index (χ1v) is 9.67. The third-order valence-corrected chi connectivity index (χ3v) is 5.99. The zero-order chi connectivity index (χ0) is 19.8. The highest BCUT2D eigenvalue weighted by molar-refractivity contribution is 6.01. The van der Waals surface area contributed by atoms with Crippen molar-refractivity contribution in [3.8, 4) is 5.75 Å². The molecule has 2 fully saturated rings. The molecule has 28 heavy (non-hydrogen) atoms.